The Morgan fingerprint density at radius 3 is 2.54 bits per heavy atom. The van der Waals surface area contributed by atoms with Gasteiger partial charge >= 0.3 is 5.97 Å². The van der Waals surface area contributed by atoms with Crippen LogP contribution in [0.25, 0.3) is 0 Å². The summed E-state index contributed by atoms with van der Waals surface area (Å²) in [5.41, 5.74) is 4.77. The highest BCUT2D eigenvalue weighted by atomic mass is 16.4. The summed E-state index contributed by atoms with van der Waals surface area (Å²) in [5, 5.41) is 10.0. The normalized spacial score (nSPS) is 24.4. The van der Waals surface area contributed by atoms with Crippen LogP contribution in [0.5, 0.6) is 0 Å². The minimum atomic E-state index is -0.632. The molecular weight excluding hydrogens is 460 g/mol. The number of hydrogen-bond donors (Lipinski definition) is 1. The second-order valence-corrected chi connectivity index (χ2v) is 12.1. The van der Waals surface area contributed by atoms with Crippen molar-refractivity contribution in [3.8, 4) is 0 Å². The molecule has 1 aliphatic carbocycles. The lowest BCUT2D eigenvalue weighted by Crippen LogP contribution is -2.41. The van der Waals surface area contributed by atoms with E-state index in [0.29, 0.717) is 17.8 Å². The van der Waals surface area contributed by atoms with E-state index in [2.05, 4.69) is 51.0 Å². The average molecular weight is 505 g/mol. The maximum absolute atomic E-state index is 12.2. The third-order valence-electron chi connectivity index (χ3n) is 9.00. The summed E-state index contributed by atoms with van der Waals surface area (Å²) in [5.74, 6) is 1.69. The Kier molecular flexibility index (Phi) is 8.56. The van der Waals surface area contributed by atoms with Crippen LogP contribution < -0.4 is 0 Å². The summed E-state index contributed by atoms with van der Waals surface area (Å²) in [4.78, 5) is 26.1. The first-order valence-electron chi connectivity index (χ1n) is 14.5. The van der Waals surface area contributed by atoms with Crippen LogP contribution in [0.15, 0.2) is 36.7 Å². The van der Waals surface area contributed by atoms with Crippen molar-refractivity contribution < 1.29 is 9.90 Å². The molecule has 3 unspecified atom stereocenters. The summed E-state index contributed by atoms with van der Waals surface area (Å²) in [7, 11) is 0. The summed E-state index contributed by atoms with van der Waals surface area (Å²) in [6, 6.07) is 8.58. The van der Waals surface area contributed by atoms with Gasteiger partial charge in [-0.05, 0) is 88.8 Å². The predicted molar refractivity (Wildman–Crippen MR) is 147 cm³/mol. The number of carboxylic acid groups (broad SMARTS) is 1. The molecule has 1 saturated carbocycles. The minimum Gasteiger partial charge on any atom is -0.480 e. The van der Waals surface area contributed by atoms with Crippen molar-refractivity contribution in [3.63, 3.8) is 0 Å². The first-order valence-corrected chi connectivity index (χ1v) is 14.5. The molecule has 3 fully saturated rings. The van der Waals surface area contributed by atoms with Gasteiger partial charge in [0.2, 0.25) is 0 Å². The Bertz CT molecular complexity index is 1030. The second kappa shape index (κ2) is 12.0. The topological polar surface area (TPSA) is 69.6 Å². The number of nitrogens with zero attached hydrogens (tertiary/aromatic N) is 4. The van der Waals surface area contributed by atoms with E-state index in [0.717, 1.165) is 62.9 Å². The van der Waals surface area contributed by atoms with E-state index in [1.165, 1.54) is 49.7 Å². The highest BCUT2D eigenvalue weighted by Crippen LogP contribution is 2.39. The molecular formula is C31H44N4O2. The fourth-order valence-corrected chi connectivity index (χ4v) is 6.61. The maximum atomic E-state index is 12.2. The van der Waals surface area contributed by atoms with Gasteiger partial charge in [0, 0.05) is 37.9 Å². The minimum absolute atomic E-state index is 0.325. The molecule has 6 nitrogen and oxygen atoms in total. The summed E-state index contributed by atoms with van der Waals surface area (Å²) < 4.78 is 0. The van der Waals surface area contributed by atoms with Crippen LogP contribution in [0.1, 0.15) is 73.4 Å². The molecule has 2 saturated heterocycles. The number of piperidine rings is 1. The van der Waals surface area contributed by atoms with Gasteiger partial charge in [-0.15, -0.1) is 0 Å². The lowest BCUT2D eigenvalue weighted by molar-refractivity contribution is -0.143. The van der Waals surface area contributed by atoms with E-state index in [1.54, 1.807) is 0 Å². The number of benzene rings is 1. The van der Waals surface area contributed by atoms with Gasteiger partial charge in [-0.2, -0.15) is 0 Å². The van der Waals surface area contributed by atoms with Gasteiger partial charge in [-0.25, -0.2) is 0 Å². The lowest BCUT2D eigenvalue weighted by atomic mass is 9.86. The third kappa shape index (κ3) is 7.17. The molecule has 3 aliphatic rings. The SMILES string of the molecule is Cc1cccc(C2CN(C(CC3CC3)C(=O)O)CC2CN2CCC(CCCc3cnc(C)cn3)CC2)c1. The van der Waals surface area contributed by atoms with Gasteiger partial charge in [-0.3, -0.25) is 19.7 Å². The molecule has 0 bridgehead atoms. The van der Waals surface area contributed by atoms with Gasteiger partial charge in [0.1, 0.15) is 6.04 Å². The molecule has 0 amide bonds. The Morgan fingerprint density at radius 1 is 1.05 bits per heavy atom. The van der Waals surface area contributed by atoms with Crippen molar-refractivity contribution in [2.75, 3.05) is 32.7 Å². The quantitative estimate of drug-likeness (QED) is 0.459. The molecule has 200 valence electrons. The molecule has 1 N–H and O–H groups in total. The number of carboxylic acids is 1. The van der Waals surface area contributed by atoms with Gasteiger partial charge in [0.25, 0.3) is 0 Å². The zero-order valence-electron chi connectivity index (χ0n) is 22.7. The largest absolute Gasteiger partial charge is 0.480 e. The summed E-state index contributed by atoms with van der Waals surface area (Å²) in [6.45, 7) is 9.32. The van der Waals surface area contributed by atoms with Crippen LogP contribution in [0, 0.1) is 31.6 Å². The number of aliphatic carboxylic acids is 1. The Labute approximate surface area is 222 Å². The number of carbonyl (C=O) groups is 1. The molecule has 6 heteroatoms. The molecule has 0 spiro atoms. The first kappa shape index (κ1) is 26.3. The molecule has 3 heterocycles. The number of likely N-dealkylation sites (tertiary alicyclic amines) is 2. The van der Waals surface area contributed by atoms with Crippen LogP contribution in [0.4, 0.5) is 0 Å². The highest BCUT2D eigenvalue weighted by Gasteiger charge is 2.42. The van der Waals surface area contributed by atoms with Crippen LogP contribution in [0.2, 0.25) is 0 Å². The summed E-state index contributed by atoms with van der Waals surface area (Å²) in [6.07, 6.45) is 13.0. The van der Waals surface area contributed by atoms with E-state index in [4.69, 9.17) is 0 Å². The van der Waals surface area contributed by atoms with Gasteiger partial charge in [0.05, 0.1) is 11.4 Å². The molecule has 2 aromatic rings. The van der Waals surface area contributed by atoms with E-state index in [-0.39, 0.29) is 6.04 Å². The van der Waals surface area contributed by atoms with Gasteiger partial charge < -0.3 is 10.0 Å². The zero-order chi connectivity index (χ0) is 25.8. The predicted octanol–water partition coefficient (Wildman–Crippen LogP) is 5.10. The van der Waals surface area contributed by atoms with Crippen molar-refractivity contribution in [3.05, 3.63) is 59.2 Å². The zero-order valence-corrected chi connectivity index (χ0v) is 22.7. The van der Waals surface area contributed by atoms with Gasteiger partial charge in [0.15, 0.2) is 0 Å². The van der Waals surface area contributed by atoms with Crippen LogP contribution in [0.3, 0.4) is 0 Å². The molecule has 3 atom stereocenters. The molecule has 0 radical (unpaired) electrons. The highest BCUT2D eigenvalue weighted by molar-refractivity contribution is 5.73. The van der Waals surface area contributed by atoms with E-state index in [9.17, 15) is 9.90 Å². The molecule has 37 heavy (non-hydrogen) atoms. The molecule has 2 aliphatic heterocycles. The average Bonchev–Trinajstić information content (AvgIpc) is 3.62. The Balaban J connectivity index is 1.16. The van der Waals surface area contributed by atoms with Crippen molar-refractivity contribution in [1.82, 2.24) is 19.8 Å². The maximum Gasteiger partial charge on any atom is 0.320 e. The second-order valence-electron chi connectivity index (χ2n) is 12.1. The standard InChI is InChI=1S/C31H44N4O2/c1-22-5-3-7-26(15-22)29-21-35(30(31(36)37)16-25-9-10-25)20-27(29)19-34-13-11-24(12-14-34)6-4-8-28-18-32-23(2)17-33-28/h3,5,7,15,17-18,24-25,27,29-30H,4,6,8-14,16,19-21H2,1-2H3,(H,36,37). The monoisotopic (exact) mass is 504 g/mol. The van der Waals surface area contributed by atoms with Crippen LogP contribution in [-0.2, 0) is 11.2 Å². The smallest absolute Gasteiger partial charge is 0.320 e. The van der Waals surface area contributed by atoms with E-state index < -0.39 is 5.97 Å². The fraction of sp³-hybridized carbons (Fsp3) is 0.645. The van der Waals surface area contributed by atoms with Crippen LogP contribution in [-0.4, -0.2) is 69.6 Å². The van der Waals surface area contributed by atoms with E-state index >= 15 is 0 Å². The van der Waals surface area contributed by atoms with Crippen molar-refractivity contribution in [2.45, 2.75) is 77.2 Å². The summed E-state index contributed by atoms with van der Waals surface area (Å²) >= 11 is 0. The Morgan fingerprint density at radius 2 is 1.86 bits per heavy atom. The van der Waals surface area contributed by atoms with Crippen LogP contribution >= 0.6 is 0 Å². The molecule has 5 rings (SSSR count). The molecule has 1 aromatic heterocycles. The lowest BCUT2D eigenvalue weighted by Gasteiger charge is -2.35. The number of rotatable bonds is 11. The number of hydrogen-bond acceptors (Lipinski definition) is 5. The molecule has 1 aromatic carbocycles. The van der Waals surface area contributed by atoms with E-state index in [1.807, 2.05) is 19.3 Å². The van der Waals surface area contributed by atoms with Crippen molar-refractivity contribution in [1.29, 1.82) is 0 Å². The van der Waals surface area contributed by atoms with Gasteiger partial charge in [-0.1, -0.05) is 42.7 Å². The number of aromatic nitrogens is 2. The third-order valence-corrected chi connectivity index (χ3v) is 9.00. The van der Waals surface area contributed by atoms with Crippen molar-refractivity contribution in [2.24, 2.45) is 17.8 Å². The number of aryl methyl sites for hydroxylation is 3. The van der Waals surface area contributed by atoms with Crippen molar-refractivity contribution >= 4 is 5.97 Å². The Hall–Kier alpha value is -2.31. The first-order chi connectivity index (χ1) is 17.9. The fourth-order valence-electron chi connectivity index (χ4n) is 6.61.